The van der Waals surface area contributed by atoms with Crippen molar-refractivity contribution in [1.29, 1.82) is 0 Å². The Morgan fingerprint density at radius 2 is 1.09 bits per heavy atom. The van der Waals surface area contributed by atoms with Gasteiger partial charge in [-0.15, -0.1) is 0 Å². The Hall–Kier alpha value is -3.87. The fraction of sp³-hybridized carbons (Fsp3) is 0.255. The molecule has 0 aromatic heterocycles. The summed E-state index contributed by atoms with van der Waals surface area (Å²) in [4.78, 5) is 0. The molecule has 2 aliphatic rings. The first-order valence-corrected chi connectivity index (χ1v) is 24.2. The summed E-state index contributed by atoms with van der Waals surface area (Å²) in [5.41, 5.74) is 19.8. The molecule has 3 heteroatoms. The molecule has 294 valence electrons. The molecule has 6 aromatic rings. The Morgan fingerprint density at radius 1 is 0.569 bits per heavy atom. The Kier molecular flexibility index (Phi) is 13.4. The van der Waals surface area contributed by atoms with E-state index in [1.54, 1.807) is 15.3 Å². The van der Waals surface area contributed by atoms with Crippen LogP contribution in [0.2, 0.25) is 0 Å². The molecule has 0 heterocycles. The van der Waals surface area contributed by atoms with Crippen LogP contribution in [0.4, 0.5) is 0 Å². The maximum Gasteiger partial charge on any atom is -1.00 e. The summed E-state index contributed by atoms with van der Waals surface area (Å²) in [6.45, 7) is 18.9. The Morgan fingerprint density at radius 3 is 1.59 bits per heavy atom. The number of hydrogen-bond acceptors (Lipinski definition) is 0. The molecule has 2 aliphatic carbocycles. The van der Waals surface area contributed by atoms with Gasteiger partial charge in [-0.1, -0.05) is 0 Å². The molecule has 0 nitrogen and oxygen atoms in total. The summed E-state index contributed by atoms with van der Waals surface area (Å²) in [6, 6.07) is 49.1. The van der Waals surface area contributed by atoms with Gasteiger partial charge in [0.05, 0.1) is 0 Å². The molecule has 0 radical (unpaired) electrons. The molecule has 0 atom stereocenters. The molecule has 0 unspecified atom stereocenters. The predicted octanol–water partition coefficient (Wildman–Crippen LogP) is 7.56. The average Bonchev–Trinajstić information content (AvgIpc) is 3.83. The number of benzene rings is 6. The quantitative estimate of drug-likeness (QED) is 0.148. The maximum absolute atomic E-state index is 2.90. The molecule has 0 N–H and O–H groups in total. The molecule has 8 rings (SSSR count). The Bertz CT molecular complexity index is 2460. The van der Waals surface area contributed by atoms with Crippen molar-refractivity contribution in [2.75, 3.05) is 0 Å². The van der Waals surface area contributed by atoms with Gasteiger partial charge in [-0.05, 0) is 0 Å². The van der Waals surface area contributed by atoms with E-state index in [9.17, 15) is 0 Å². The molecule has 0 saturated heterocycles. The van der Waals surface area contributed by atoms with Crippen LogP contribution in [0.5, 0.6) is 0 Å². The van der Waals surface area contributed by atoms with Crippen molar-refractivity contribution in [3.63, 3.8) is 0 Å². The van der Waals surface area contributed by atoms with Crippen molar-refractivity contribution in [2.24, 2.45) is 0 Å². The summed E-state index contributed by atoms with van der Waals surface area (Å²) < 4.78 is 5.16. The summed E-state index contributed by atoms with van der Waals surface area (Å²) in [5, 5.41) is 0. The summed E-state index contributed by atoms with van der Waals surface area (Å²) in [6.07, 6.45) is 11.3. The van der Waals surface area contributed by atoms with Crippen LogP contribution in [-0.4, -0.2) is 3.21 Å². The van der Waals surface area contributed by atoms with Crippen molar-refractivity contribution >= 4 is 6.48 Å². The number of rotatable bonds is 8. The number of hydrogen-bond donors (Lipinski definition) is 0. The number of allylic oxidation sites excluding steroid dienone is 4. The molecular weight excluding hydrogens is 823 g/mol. The second kappa shape index (κ2) is 17.8. The van der Waals surface area contributed by atoms with Gasteiger partial charge in [0.15, 0.2) is 0 Å². The zero-order valence-electron chi connectivity index (χ0n) is 35.4. The first kappa shape index (κ1) is 43.7. The first-order valence-electron chi connectivity index (χ1n) is 20.5. The van der Waals surface area contributed by atoms with Crippen LogP contribution in [0.25, 0.3) is 33.4 Å². The molecule has 58 heavy (non-hydrogen) atoms. The van der Waals surface area contributed by atoms with Gasteiger partial charge in [0.2, 0.25) is 0 Å². The third-order valence-corrected chi connectivity index (χ3v) is 19.6. The van der Waals surface area contributed by atoms with Crippen LogP contribution < -0.4 is 28.1 Å². The summed E-state index contributed by atoms with van der Waals surface area (Å²) in [7, 11) is 0. The number of fused-ring (bicyclic) bond motifs is 3. The monoisotopic (exact) mass is 876 g/mol. The third-order valence-electron chi connectivity index (χ3n) is 11.9. The predicted molar refractivity (Wildman–Crippen MR) is 239 cm³/mol. The fourth-order valence-electron chi connectivity index (χ4n) is 8.98. The van der Waals surface area contributed by atoms with Crippen LogP contribution in [0.3, 0.4) is 0 Å². The largest absolute Gasteiger partial charge is 1.00 e. The van der Waals surface area contributed by atoms with Crippen LogP contribution in [0, 0.1) is 13.8 Å². The van der Waals surface area contributed by atoms with E-state index < -0.39 is 21.3 Å². The Balaban J connectivity index is 0.00000283. The van der Waals surface area contributed by atoms with Gasteiger partial charge in [0.1, 0.15) is 0 Å². The zero-order chi connectivity index (χ0) is 39.2. The van der Waals surface area contributed by atoms with Crippen LogP contribution >= 0.6 is 0 Å². The summed E-state index contributed by atoms with van der Waals surface area (Å²) in [5.74, 6) is 0. The van der Waals surface area contributed by atoms with E-state index in [0.29, 0.717) is 0 Å². The van der Waals surface area contributed by atoms with E-state index in [1.807, 2.05) is 0 Å². The SMILES string of the molecule is Cc1ccc(-c2cc3c(cc2C(C)(C)C)-c2cc(C(C)(C)C)c(-c4ccc(C)cc4)[c]([Zr+2]([C]4=CC=CC4)=[C](Cc4ccccc4)Cc4ccccc4)c2C3)cc1.[Cl-].[Cl-]. The molecule has 6 aromatic carbocycles. The van der Waals surface area contributed by atoms with Crippen LogP contribution in [0.1, 0.15) is 92.5 Å². The zero-order valence-corrected chi connectivity index (χ0v) is 39.4. The number of aryl methyl sites for hydroxylation is 2. The topological polar surface area (TPSA) is 0 Å². The molecule has 0 aliphatic heterocycles. The second-order valence-electron chi connectivity index (χ2n) is 18.3. The van der Waals surface area contributed by atoms with Crippen LogP contribution in [-0.2, 0) is 51.4 Å². The van der Waals surface area contributed by atoms with Crippen molar-refractivity contribution in [3.8, 4) is 33.4 Å². The third kappa shape index (κ3) is 8.99. The molecule has 0 fully saturated rings. The van der Waals surface area contributed by atoms with E-state index in [1.165, 1.54) is 72.3 Å². The van der Waals surface area contributed by atoms with E-state index in [0.717, 1.165) is 25.7 Å². The molecular formula is C55H56Cl2Zr. The smallest absolute Gasteiger partial charge is 1.00 e. The molecule has 0 bridgehead atoms. The summed E-state index contributed by atoms with van der Waals surface area (Å²) >= 11 is -2.90. The average molecular weight is 879 g/mol. The minimum atomic E-state index is -2.90. The van der Waals surface area contributed by atoms with Gasteiger partial charge < -0.3 is 24.8 Å². The van der Waals surface area contributed by atoms with Gasteiger partial charge in [0.25, 0.3) is 0 Å². The van der Waals surface area contributed by atoms with Crippen molar-refractivity contribution in [2.45, 2.75) is 91.9 Å². The van der Waals surface area contributed by atoms with Gasteiger partial charge in [-0.25, -0.2) is 0 Å². The van der Waals surface area contributed by atoms with Crippen molar-refractivity contribution in [3.05, 3.63) is 193 Å². The Labute approximate surface area is 368 Å². The van der Waals surface area contributed by atoms with Gasteiger partial charge in [0, 0.05) is 0 Å². The normalized spacial score (nSPS) is 12.8. The maximum atomic E-state index is 2.63. The minimum absolute atomic E-state index is 0. The van der Waals surface area contributed by atoms with E-state index in [2.05, 4.69) is 201 Å². The van der Waals surface area contributed by atoms with Gasteiger partial charge >= 0.3 is 346 Å². The standard InChI is InChI=1S/C35H37.C15H14.C5H5.2ClH.Zr/c1-22-9-13-24(14-10-22)30-18-26-17-27-19-31(25-15-11-23(2)12-16-25)33(35(6,7)8)21-29(27)28(26)20-32(30)34(3,4)5;1-3-8-14(9-4-1)12-7-13-15-10-5-2-6-11-15;1-2-4-5-3-1;;;/h9-16,18,20-21H,17H2,1-8H3;1-6,8-11H,12-13H2;1-3H,4H2;2*1H;/q;;;;;+2/p-2. The van der Waals surface area contributed by atoms with Crippen molar-refractivity contribution in [1.82, 2.24) is 0 Å². The van der Waals surface area contributed by atoms with Crippen molar-refractivity contribution < 1.29 is 46.1 Å². The van der Waals surface area contributed by atoms with E-state index in [4.69, 9.17) is 0 Å². The minimum Gasteiger partial charge on any atom is -1.00 e. The van der Waals surface area contributed by atoms with Crippen LogP contribution in [0.15, 0.2) is 149 Å². The van der Waals surface area contributed by atoms with Gasteiger partial charge in [-0.3, -0.25) is 0 Å². The fourth-order valence-corrected chi connectivity index (χ4v) is 17.7. The van der Waals surface area contributed by atoms with Gasteiger partial charge in [-0.2, -0.15) is 0 Å². The molecule has 0 saturated carbocycles. The second-order valence-corrected chi connectivity index (χ2v) is 24.7. The molecule has 0 amide bonds. The van der Waals surface area contributed by atoms with E-state index >= 15 is 0 Å². The molecule has 0 spiro atoms. The first-order chi connectivity index (χ1) is 26.8. The van der Waals surface area contributed by atoms with E-state index in [-0.39, 0.29) is 35.6 Å². The number of halogens is 2.